The summed E-state index contributed by atoms with van der Waals surface area (Å²) >= 11 is 0. The molecule has 1 aromatic heterocycles. The van der Waals surface area contributed by atoms with Crippen LogP contribution in [0.3, 0.4) is 0 Å². The van der Waals surface area contributed by atoms with Gasteiger partial charge in [0.15, 0.2) is 0 Å². The zero-order valence-electron chi connectivity index (χ0n) is 10.5. The van der Waals surface area contributed by atoms with E-state index in [0.717, 1.165) is 17.5 Å². The second-order valence-corrected chi connectivity index (χ2v) is 4.44. The third kappa shape index (κ3) is 3.07. The summed E-state index contributed by atoms with van der Waals surface area (Å²) < 4.78 is 15.1. The van der Waals surface area contributed by atoms with Crippen molar-refractivity contribution < 1.29 is 9.50 Å². The monoisotopic (exact) mass is 249 g/mol. The Morgan fingerprint density at radius 2 is 2.11 bits per heavy atom. The molecule has 1 N–H and O–H groups in total. The quantitative estimate of drug-likeness (QED) is 0.899. The van der Waals surface area contributed by atoms with E-state index in [1.165, 1.54) is 6.07 Å². The normalized spacial score (nSPS) is 11.1. The van der Waals surface area contributed by atoms with E-state index in [9.17, 15) is 9.50 Å². The molecule has 0 aliphatic heterocycles. The van der Waals surface area contributed by atoms with E-state index >= 15 is 0 Å². The van der Waals surface area contributed by atoms with E-state index in [0.29, 0.717) is 13.1 Å². The Labute approximate surface area is 105 Å². The van der Waals surface area contributed by atoms with Crippen molar-refractivity contribution in [2.24, 2.45) is 7.05 Å². The van der Waals surface area contributed by atoms with Crippen LogP contribution in [-0.2, 0) is 20.1 Å². The van der Waals surface area contributed by atoms with Gasteiger partial charge >= 0.3 is 0 Å². The second-order valence-electron chi connectivity index (χ2n) is 4.44. The molecule has 0 radical (unpaired) electrons. The summed E-state index contributed by atoms with van der Waals surface area (Å²) in [5.74, 6) is 0.476. The van der Waals surface area contributed by atoms with Crippen molar-refractivity contribution in [1.29, 1.82) is 0 Å². The van der Waals surface area contributed by atoms with Crippen LogP contribution in [0.4, 0.5) is 4.39 Å². The van der Waals surface area contributed by atoms with Crippen LogP contribution in [0, 0.1) is 5.82 Å². The minimum Gasteiger partial charge on any atom is -0.508 e. The van der Waals surface area contributed by atoms with Crippen molar-refractivity contribution in [1.82, 2.24) is 14.5 Å². The van der Waals surface area contributed by atoms with Crippen LogP contribution in [0.2, 0.25) is 0 Å². The Hall–Kier alpha value is -1.88. The molecule has 5 heteroatoms. The molecule has 2 aromatic rings. The molecule has 1 aromatic carbocycles. The lowest BCUT2D eigenvalue weighted by atomic mass is 10.2. The number of hydrogen-bond donors (Lipinski definition) is 1. The fourth-order valence-electron chi connectivity index (χ4n) is 1.88. The summed E-state index contributed by atoms with van der Waals surface area (Å²) in [4.78, 5) is 6.24. The number of hydrogen-bond acceptors (Lipinski definition) is 3. The third-order valence-electron chi connectivity index (χ3n) is 2.73. The molecule has 0 spiro atoms. The maximum atomic E-state index is 13.1. The molecule has 0 saturated heterocycles. The number of imidazole rings is 1. The molecular weight excluding hydrogens is 233 g/mol. The highest BCUT2D eigenvalue weighted by atomic mass is 19.1. The number of phenols is 1. The van der Waals surface area contributed by atoms with Crippen LogP contribution < -0.4 is 0 Å². The molecule has 4 nitrogen and oxygen atoms in total. The maximum Gasteiger partial charge on any atom is 0.127 e. The lowest BCUT2D eigenvalue weighted by Gasteiger charge is -2.16. The van der Waals surface area contributed by atoms with Gasteiger partial charge in [0.2, 0.25) is 0 Å². The van der Waals surface area contributed by atoms with Crippen LogP contribution in [0.25, 0.3) is 0 Å². The summed E-state index contributed by atoms with van der Waals surface area (Å²) in [7, 11) is 3.86. The van der Waals surface area contributed by atoms with Gasteiger partial charge in [0.25, 0.3) is 0 Å². The average molecular weight is 249 g/mol. The van der Waals surface area contributed by atoms with Gasteiger partial charge in [-0.05, 0) is 24.7 Å². The third-order valence-corrected chi connectivity index (χ3v) is 2.73. The molecule has 0 unspecified atom stereocenters. The van der Waals surface area contributed by atoms with Gasteiger partial charge in [0, 0.05) is 32.1 Å². The van der Waals surface area contributed by atoms with E-state index < -0.39 is 5.82 Å². The Balaban J connectivity index is 2.03. The zero-order chi connectivity index (χ0) is 13.1. The van der Waals surface area contributed by atoms with Crippen LogP contribution in [0.15, 0.2) is 30.6 Å². The molecule has 0 bridgehead atoms. The maximum absolute atomic E-state index is 13.1. The Kier molecular flexibility index (Phi) is 3.62. The van der Waals surface area contributed by atoms with E-state index in [1.54, 1.807) is 12.3 Å². The van der Waals surface area contributed by atoms with Crippen LogP contribution in [-0.4, -0.2) is 26.6 Å². The fraction of sp³-hybridized carbons (Fsp3) is 0.308. The van der Waals surface area contributed by atoms with Crippen LogP contribution in [0.1, 0.15) is 11.4 Å². The Morgan fingerprint density at radius 1 is 1.33 bits per heavy atom. The van der Waals surface area contributed by atoms with Crippen molar-refractivity contribution in [3.05, 3.63) is 47.8 Å². The van der Waals surface area contributed by atoms with E-state index in [-0.39, 0.29) is 5.75 Å². The molecule has 0 fully saturated rings. The molecule has 0 saturated carbocycles. The molecule has 0 aliphatic rings. The first-order chi connectivity index (χ1) is 8.54. The lowest BCUT2D eigenvalue weighted by Crippen LogP contribution is -2.19. The fourth-order valence-corrected chi connectivity index (χ4v) is 1.88. The van der Waals surface area contributed by atoms with E-state index in [2.05, 4.69) is 4.98 Å². The number of rotatable bonds is 4. The molecule has 1 heterocycles. The highest BCUT2D eigenvalue weighted by Crippen LogP contribution is 2.16. The highest BCUT2D eigenvalue weighted by molar-refractivity contribution is 5.28. The Morgan fingerprint density at radius 3 is 2.72 bits per heavy atom. The van der Waals surface area contributed by atoms with Gasteiger partial charge in [-0.15, -0.1) is 0 Å². The van der Waals surface area contributed by atoms with Gasteiger partial charge in [-0.3, -0.25) is 4.90 Å². The van der Waals surface area contributed by atoms with Crippen molar-refractivity contribution in [3.63, 3.8) is 0 Å². The van der Waals surface area contributed by atoms with Gasteiger partial charge in [-0.25, -0.2) is 9.37 Å². The topological polar surface area (TPSA) is 41.3 Å². The zero-order valence-corrected chi connectivity index (χ0v) is 10.5. The smallest absolute Gasteiger partial charge is 0.127 e. The van der Waals surface area contributed by atoms with Crippen molar-refractivity contribution in [3.8, 4) is 5.75 Å². The van der Waals surface area contributed by atoms with Gasteiger partial charge in [-0.2, -0.15) is 0 Å². The number of aromatic hydroxyl groups is 1. The standard InChI is InChI=1S/C13H16FN3O/c1-16(9-13-15-3-4-17(13)2)8-10-5-11(14)7-12(18)6-10/h3-7,18H,8-9H2,1-2H3. The first-order valence-corrected chi connectivity index (χ1v) is 5.68. The number of nitrogens with zero attached hydrogens (tertiary/aromatic N) is 3. The number of phenolic OH excluding ortho intramolecular Hbond substituents is 1. The lowest BCUT2D eigenvalue weighted by molar-refractivity contribution is 0.306. The van der Waals surface area contributed by atoms with Gasteiger partial charge in [0.05, 0.1) is 6.54 Å². The summed E-state index contributed by atoms with van der Waals surface area (Å²) in [6, 6.07) is 4.09. The predicted octanol–water partition coefficient (Wildman–Crippen LogP) is 1.90. The first-order valence-electron chi connectivity index (χ1n) is 5.68. The number of halogens is 1. The summed E-state index contributed by atoms with van der Waals surface area (Å²) in [6.07, 6.45) is 3.63. The average Bonchev–Trinajstić information content (AvgIpc) is 2.62. The summed E-state index contributed by atoms with van der Waals surface area (Å²) in [5.41, 5.74) is 0.740. The van der Waals surface area contributed by atoms with Gasteiger partial charge in [-0.1, -0.05) is 0 Å². The van der Waals surface area contributed by atoms with Crippen LogP contribution in [0.5, 0.6) is 5.75 Å². The molecule has 0 atom stereocenters. The van der Waals surface area contributed by atoms with Crippen molar-refractivity contribution in [2.45, 2.75) is 13.1 Å². The molecule has 0 aliphatic carbocycles. The van der Waals surface area contributed by atoms with E-state index in [1.807, 2.05) is 29.8 Å². The van der Waals surface area contributed by atoms with Crippen molar-refractivity contribution >= 4 is 0 Å². The largest absolute Gasteiger partial charge is 0.508 e. The summed E-state index contributed by atoms with van der Waals surface area (Å²) in [5, 5.41) is 9.33. The Bertz CT molecular complexity index is 519. The van der Waals surface area contributed by atoms with Gasteiger partial charge in [0.1, 0.15) is 17.4 Å². The van der Waals surface area contributed by atoms with Crippen LogP contribution >= 0.6 is 0 Å². The van der Waals surface area contributed by atoms with E-state index in [4.69, 9.17) is 0 Å². The predicted molar refractivity (Wildman–Crippen MR) is 66.4 cm³/mol. The van der Waals surface area contributed by atoms with Gasteiger partial charge < -0.3 is 9.67 Å². The van der Waals surface area contributed by atoms with Crippen molar-refractivity contribution in [2.75, 3.05) is 7.05 Å². The molecule has 0 amide bonds. The first kappa shape index (κ1) is 12.6. The SMILES string of the molecule is CN(Cc1cc(O)cc(F)c1)Cc1nccn1C. The molecule has 18 heavy (non-hydrogen) atoms. The highest BCUT2D eigenvalue weighted by Gasteiger charge is 2.07. The minimum absolute atomic E-state index is 0.0459. The molecule has 2 rings (SSSR count). The minimum atomic E-state index is -0.421. The number of aromatic nitrogens is 2. The number of benzene rings is 1. The molecule has 96 valence electrons. The second kappa shape index (κ2) is 5.18. The number of aryl methyl sites for hydroxylation is 1. The summed E-state index contributed by atoms with van der Waals surface area (Å²) in [6.45, 7) is 1.22. The molecular formula is C13H16FN3O.